The zero-order valence-corrected chi connectivity index (χ0v) is 13.6. The average molecular weight is 402 g/mol. The van der Waals surface area contributed by atoms with Crippen LogP contribution in [0.15, 0.2) is 39.3 Å². The smallest absolute Gasteiger partial charge is 0.129 e. The first-order chi connectivity index (χ1) is 9.61. The van der Waals surface area contributed by atoms with Gasteiger partial charge in [0.25, 0.3) is 0 Å². The third kappa shape index (κ3) is 2.99. The van der Waals surface area contributed by atoms with E-state index in [1.807, 2.05) is 6.07 Å². The zero-order chi connectivity index (χ0) is 14.1. The molecule has 1 heterocycles. The molecule has 0 amide bonds. The summed E-state index contributed by atoms with van der Waals surface area (Å²) in [4.78, 5) is 0. The number of rotatable bonds is 3. The van der Waals surface area contributed by atoms with Crippen molar-refractivity contribution in [1.29, 1.82) is 0 Å². The molecule has 0 aromatic heterocycles. The van der Waals surface area contributed by atoms with Crippen molar-refractivity contribution in [3.8, 4) is 11.5 Å². The summed E-state index contributed by atoms with van der Waals surface area (Å²) in [6, 6.07) is 8.53. The Morgan fingerprint density at radius 2 is 1.90 bits per heavy atom. The van der Waals surface area contributed by atoms with Crippen molar-refractivity contribution in [3.05, 3.63) is 56.2 Å². The van der Waals surface area contributed by atoms with Gasteiger partial charge in [0.05, 0.1) is 6.61 Å². The second-order valence-electron chi connectivity index (χ2n) is 4.55. The molecule has 0 fully saturated rings. The van der Waals surface area contributed by atoms with Crippen molar-refractivity contribution in [3.63, 3.8) is 0 Å². The summed E-state index contributed by atoms with van der Waals surface area (Å²) in [5.41, 5.74) is 2.14. The van der Waals surface area contributed by atoms with E-state index in [1.54, 1.807) is 6.07 Å². The van der Waals surface area contributed by atoms with Crippen LogP contribution in [0.5, 0.6) is 11.5 Å². The lowest BCUT2D eigenvalue weighted by atomic mass is 10.1. The van der Waals surface area contributed by atoms with Gasteiger partial charge in [-0.3, -0.25) is 0 Å². The maximum atomic E-state index is 13.3. The Bertz CT molecular complexity index is 638. The largest absolute Gasteiger partial charge is 0.493 e. The molecule has 0 aliphatic carbocycles. The molecule has 0 saturated carbocycles. The minimum atomic E-state index is -0.329. The third-order valence-electron chi connectivity index (χ3n) is 3.06. The lowest BCUT2D eigenvalue weighted by Crippen LogP contribution is -1.99. The van der Waals surface area contributed by atoms with Crippen molar-refractivity contribution in [2.75, 3.05) is 6.61 Å². The van der Waals surface area contributed by atoms with Crippen LogP contribution in [0.4, 0.5) is 4.39 Å². The van der Waals surface area contributed by atoms with Crippen LogP contribution in [-0.4, -0.2) is 6.61 Å². The fourth-order valence-corrected chi connectivity index (χ4v) is 3.22. The minimum Gasteiger partial charge on any atom is -0.493 e. The van der Waals surface area contributed by atoms with Gasteiger partial charge in [-0.05, 0) is 29.8 Å². The normalized spacial score (nSPS) is 12.9. The van der Waals surface area contributed by atoms with E-state index < -0.39 is 0 Å². The Hall–Kier alpha value is -1.07. The van der Waals surface area contributed by atoms with Gasteiger partial charge in [0, 0.05) is 27.0 Å². The maximum absolute atomic E-state index is 13.3. The molecule has 0 atom stereocenters. The Morgan fingerprint density at radius 1 is 1.10 bits per heavy atom. The molecule has 2 aromatic carbocycles. The average Bonchev–Trinajstić information content (AvgIpc) is 2.82. The molecular weight excluding hydrogens is 391 g/mol. The van der Waals surface area contributed by atoms with Crippen LogP contribution in [0.3, 0.4) is 0 Å². The molecule has 0 unspecified atom stereocenters. The Kier molecular flexibility index (Phi) is 3.98. The van der Waals surface area contributed by atoms with Gasteiger partial charge in [-0.25, -0.2) is 4.39 Å². The van der Waals surface area contributed by atoms with Gasteiger partial charge >= 0.3 is 0 Å². The molecular formula is C15H11Br2FO2. The molecule has 0 saturated heterocycles. The molecule has 0 bridgehead atoms. The van der Waals surface area contributed by atoms with Crippen molar-refractivity contribution in [2.45, 2.75) is 13.0 Å². The van der Waals surface area contributed by atoms with Gasteiger partial charge in [0.1, 0.15) is 23.9 Å². The summed E-state index contributed by atoms with van der Waals surface area (Å²) in [5, 5.41) is 0. The summed E-state index contributed by atoms with van der Waals surface area (Å²) in [7, 11) is 0. The van der Waals surface area contributed by atoms with Crippen LogP contribution < -0.4 is 9.47 Å². The summed E-state index contributed by atoms with van der Waals surface area (Å²) in [6.07, 6.45) is 0.910. The Balaban J connectivity index is 1.82. The molecule has 0 spiro atoms. The van der Waals surface area contributed by atoms with E-state index in [4.69, 9.17) is 9.47 Å². The van der Waals surface area contributed by atoms with Gasteiger partial charge in [-0.1, -0.05) is 31.9 Å². The van der Waals surface area contributed by atoms with E-state index in [9.17, 15) is 4.39 Å². The van der Waals surface area contributed by atoms with Crippen molar-refractivity contribution < 1.29 is 13.9 Å². The number of fused-ring (bicyclic) bond motifs is 1. The van der Waals surface area contributed by atoms with E-state index in [-0.39, 0.29) is 5.82 Å². The molecule has 20 heavy (non-hydrogen) atoms. The summed E-state index contributed by atoms with van der Waals surface area (Å²) in [5.74, 6) is 1.05. The molecule has 5 heteroatoms. The molecule has 1 aliphatic rings. The second-order valence-corrected chi connectivity index (χ2v) is 6.38. The maximum Gasteiger partial charge on any atom is 0.129 e. The molecule has 0 radical (unpaired) electrons. The number of ether oxygens (including phenoxy) is 2. The van der Waals surface area contributed by atoms with Crippen molar-refractivity contribution >= 4 is 31.9 Å². The predicted octanol–water partition coefficient (Wildman–Crippen LogP) is 4.86. The quantitative estimate of drug-likeness (QED) is 0.730. The Morgan fingerprint density at radius 3 is 2.70 bits per heavy atom. The van der Waals surface area contributed by atoms with Gasteiger partial charge in [0.15, 0.2) is 0 Å². The van der Waals surface area contributed by atoms with Gasteiger partial charge in [-0.2, -0.15) is 0 Å². The van der Waals surface area contributed by atoms with E-state index in [0.29, 0.717) is 23.4 Å². The molecule has 104 valence electrons. The van der Waals surface area contributed by atoms with Crippen LogP contribution in [0.1, 0.15) is 11.1 Å². The van der Waals surface area contributed by atoms with E-state index in [1.165, 1.54) is 17.7 Å². The number of benzene rings is 2. The van der Waals surface area contributed by atoms with E-state index in [2.05, 4.69) is 37.9 Å². The van der Waals surface area contributed by atoms with Gasteiger partial charge < -0.3 is 9.47 Å². The Labute approximate surface area is 133 Å². The topological polar surface area (TPSA) is 18.5 Å². The van der Waals surface area contributed by atoms with Crippen LogP contribution in [0, 0.1) is 5.82 Å². The van der Waals surface area contributed by atoms with Crippen molar-refractivity contribution in [2.24, 2.45) is 0 Å². The lowest BCUT2D eigenvalue weighted by Gasteiger charge is -2.11. The lowest BCUT2D eigenvalue weighted by molar-refractivity contribution is 0.290. The van der Waals surface area contributed by atoms with Crippen LogP contribution >= 0.6 is 31.9 Å². The minimum absolute atomic E-state index is 0.329. The molecule has 0 N–H and O–H groups in total. The SMILES string of the molecule is Fc1cc(Br)cc(OCc2cc(Br)cc3c2OCC3)c1. The molecule has 3 rings (SSSR count). The number of hydrogen-bond donors (Lipinski definition) is 0. The molecule has 1 aliphatic heterocycles. The standard InChI is InChI=1S/C15H11Br2FO2/c16-11-3-9-1-2-19-15(9)10(4-11)8-20-14-6-12(17)5-13(18)7-14/h3-7H,1-2,8H2. The van der Waals surface area contributed by atoms with E-state index >= 15 is 0 Å². The number of halogens is 3. The first-order valence-electron chi connectivity index (χ1n) is 6.15. The van der Waals surface area contributed by atoms with Crippen LogP contribution in [0.25, 0.3) is 0 Å². The zero-order valence-electron chi connectivity index (χ0n) is 10.5. The molecule has 2 aromatic rings. The first-order valence-corrected chi connectivity index (χ1v) is 7.73. The van der Waals surface area contributed by atoms with Crippen LogP contribution in [0.2, 0.25) is 0 Å². The monoisotopic (exact) mass is 400 g/mol. The van der Waals surface area contributed by atoms with E-state index in [0.717, 1.165) is 22.2 Å². The van der Waals surface area contributed by atoms with Gasteiger partial charge in [0.2, 0.25) is 0 Å². The van der Waals surface area contributed by atoms with Crippen molar-refractivity contribution in [1.82, 2.24) is 0 Å². The van der Waals surface area contributed by atoms with Crippen LogP contribution in [-0.2, 0) is 13.0 Å². The highest BCUT2D eigenvalue weighted by molar-refractivity contribution is 9.10. The third-order valence-corrected chi connectivity index (χ3v) is 3.97. The second kappa shape index (κ2) is 5.74. The molecule has 2 nitrogen and oxygen atoms in total. The number of hydrogen-bond acceptors (Lipinski definition) is 2. The fourth-order valence-electron chi connectivity index (χ4n) is 2.23. The fraction of sp³-hybridized carbons (Fsp3) is 0.200. The summed E-state index contributed by atoms with van der Waals surface area (Å²) in [6.45, 7) is 1.04. The highest BCUT2D eigenvalue weighted by atomic mass is 79.9. The van der Waals surface area contributed by atoms with Gasteiger partial charge in [-0.15, -0.1) is 0 Å². The highest BCUT2D eigenvalue weighted by Crippen LogP contribution is 2.33. The predicted molar refractivity (Wildman–Crippen MR) is 81.8 cm³/mol. The highest BCUT2D eigenvalue weighted by Gasteiger charge is 2.17. The summed E-state index contributed by atoms with van der Waals surface area (Å²) >= 11 is 6.73. The first kappa shape index (κ1) is 13.9. The summed E-state index contributed by atoms with van der Waals surface area (Å²) < 4.78 is 26.3.